The molecule has 0 bridgehead atoms. The largest absolute Gasteiger partial charge is 0.459 e. The van der Waals surface area contributed by atoms with Gasteiger partial charge in [-0.15, -0.1) is 0 Å². The number of hydrogen-bond acceptors (Lipinski definition) is 17. The Kier molecular flexibility index (Phi) is 18.8. The number of benzene rings is 2. The van der Waals surface area contributed by atoms with Crippen LogP contribution in [0.3, 0.4) is 0 Å². The van der Waals surface area contributed by atoms with E-state index in [1.54, 1.807) is 66.7 Å². The minimum atomic E-state index is -2.04. The number of carbonyl (C=O) groups excluding carboxylic acids is 4. The maximum absolute atomic E-state index is 14.6. The molecule has 20 heteroatoms. The van der Waals surface area contributed by atoms with Crippen molar-refractivity contribution < 1.29 is 72.4 Å². The number of rotatable bonds is 11. The molecule has 74 heavy (non-hydrogen) atoms. The molecule has 3 aliphatic heterocycles. The van der Waals surface area contributed by atoms with Gasteiger partial charge in [0.1, 0.15) is 35.0 Å². The molecule has 0 unspecified atom stereocenters. The van der Waals surface area contributed by atoms with Gasteiger partial charge in [0.2, 0.25) is 0 Å². The number of aryl methyl sites for hydroxylation is 1. The van der Waals surface area contributed by atoms with Crippen LogP contribution >= 0.6 is 0 Å². The van der Waals surface area contributed by atoms with E-state index < -0.39 is 114 Å². The number of H-pyrrole nitrogens is 1. The summed E-state index contributed by atoms with van der Waals surface area (Å²) >= 11 is 0. The van der Waals surface area contributed by atoms with Crippen LogP contribution in [0.25, 0.3) is 22.4 Å². The lowest BCUT2D eigenvalue weighted by atomic mass is 9.74. The van der Waals surface area contributed by atoms with E-state index >= 15 is 0 Å². The van der Waals surface area contributed by atoms with Crippen molar-refractivity contribution in [1.29, 1.82) is 0 Å². The van der Waals surface area contributed by atoms with Crippen molar-refractivity contribution in [3.05, 3.63) is 53.6 Å². The van der Waals surface area contributed by atoms with Gasteiger partial charge in [-0.05, 0) is 100 Å². The number of esters is 1. The predicted molar refractivity (Wildman–Crippen MR) is 272 cm³/mol. The van der Waals surface area contributed by atoms with Crippen molar-refractivity contribution in [2.45, 2.75) is 186 Å². The van der Waals surface area contributed by atoms with E-state index in [4.69, 9.17) is 37.9 Å². The number of likely N-dealkylation sites (N-methyl/N-ethyl adjacent to an activating group) is 1. The second-order valence-electron chi connectivity index (χ2n) is 21.8. The average Bonchev–Trinajstić information content (AvgIpc) is 3.80. The van der Waals surface area contributed by atoms with E-state index in [2.05, 4.69) is 20.8 Å². The number of ether oxygens (including phenoxy) is 8. The molecule has 18 atom stereocenters. The molecule has 0 aliphatic carbocycles. The fourth-order valence-corrected chi connectivity index (χ4v) is 11.1. The number of fused-ring (bicyclic) bond motifs is 1. The second-order valence-corrected chi connectivity index (χ2v) is 21.8. The van der Waals surface area contributed by atoms with E-state index in [0.29, 0.717) is 23.3 Å². The molecule has 3 saturated heterocycles. The Bertz CT molecular complexity index is 2420. The molecule has 0 spiro atoms. The maximum atomic E-state index is 14.6. The topological polar surface area (TPSA) is 259 Å². The van der Waals surface area contributed by atoms with Crippen LogP contribution in [0.5, 0.6) is 0 Å². The van der Waals surface area contributed by atoms with Crippen molar-refractivity contribution in [3.8, 4) is 11.4 Å². The van der Waals surface area contributed by atoms with Crippen LogP contribution in [0.4, 0.5) is 4.79 Å². The number of hydrazine groups is 1. The molecule has 6 rings (SSSR count). The number of hydrogen-bond donors (Lipinski definition) is 6. The molecular formula is C54H81N5O15. The summed E-state index contributed by atoms with van der Waals surface area (Å²) in [5.41, 5.74) is 3.60. The van der Waals surface area contributed by atoms with Crippen LogP contribution in [0.2, 0.25) is 0 Å². The molecule has 20 nitrogen and oxygen atoms in total. The number of Topliss-reactive ketones (excluding diaryl/α,β-unsaturated/α-hetero) is 1. The second kappa shape index (κ2) is 23.7. The van der Waals surface area contributed by atoms with E-state index in [-0.39, 0.29) is 42.8 Å². The smallest absolute Gasteiger partial charge is 0.426 e. The first kappa shape index (κ1) is 58.6. The number of methoxy groups -OCH3 is 2. The van der Waals surface area contributed by atoms with Gasteiger partial charge in [-0.25, -0.2) is 15.2 Å². The Morgan fingerprint density at radius 1 is 0.878 bits per heavy atom. The first-order chi connectivity index (χ1) is 34.7. The van der Waals surface area contributed by atoms with Crippen LogP contribution in [0, 0.1) is 30.6 Å². The molecule has 6 N–H and O–H groups in total. The van der Waals surface area contributed by atoms with Gasteiger partial charge in [0.25, 0.3) is 5.91 Å². The Labute approximate surface area is 434 Å². The maximum Gasteiger partial charge on any atom is 0.426 e. The summed E-state index contributed by atoms with van der Waals surface area (Å²) in [6.07, 6.45) is -11.1. The zero-order valence-corrected chi connectivity index (χ0v) is 45.7. The van der Waals surface area contributed by atoms with Crippen molar-refractivity contribution in [2.75, 3.05) is 28.3 Å². The quantitative estimate of drug-likeness (QED) is 0.104. The number of carbonyl (C=O) groups is 4. The molecular weight excluding hydrogens is 959 g/mol. The molecule has 1 aromatic heterocycles. The first-order valence-electron chi connectivity index (χ1n) is 25.7. The third kappa shape index (κ3) is 12.6. The van der Waals surface area contributed by atoms with Gasteiger partial charge >= 0.3 is 12.1 Å². The molecule has 3 aliphatic rings. The van der Waals surface area contributed by atoms with Crippen molar-refractivity contribution in [2.24, 2.45) is 23.7 Å². The van der Waals surface area contributed by atoms with Gasteiger partial charge in [-0.3, -0.25) is 19.8 Å². The predicted octanol–water partition coefficient (Wildman–Crippen LogP) is 5.37. The molecule has 2 amide bonds. The third-order valence-electron chi connectivity index (χ3n) is 15.8. The minimum Gasteiger partial charge on any atom is -0.459 e. The number of amides is 2. The number of aliphatic hydroxyl groups excluding tert-OH is 2. The van der Waals surface area contributed by atoms with Crippen LogP contribution in [0.15, 0.2) is 42.5 Å². The molecule has 0 saturated carbocycles. The summed E-state index contributed by atoms with van der Waals surface area (Å²) in [7, 11) is 6.65. The van der Waals surface area contributed by atoms with Crippen molar-refractivity contribution in [3.63, 3.8) is 0 Å². The van der Waals surface area contributed by atoms with E-state index in [1.165, 1.54) is 28.1 Å². The average molecular weight is 1040 g/mol. The standard InChI is InChI=1S/C54H81N5O15/c1-16-39-54(11,66)44(62)30(5)41(60)28(3)25-52(9,67-14)45(73-50-42(61)38(59(12)13)23-29(4)69-50)31(6)43(32(7)49(64)71-39)72-40-26-53(10,68-15)46(33(8)70-40)74-51(65)58-57-48(63)35-21-22-36-37(24-35)56-47(55-36)34-19-17-27(2)18-20-34/h17-22,24,28-33,38-40,42-46,50,61-62,66H,16,23,25-26H2,1-15H3,(H,55,56)(H,57,63)(H,58,65)/t28-,29-,30+,31+,32-,33+,38+,39-,40+,42-,43+,44-,45-,46+,50+,52-,53-,54-/m1/s1. The van der Waals surface area contributed by atoms with Crippen molar-refractivity contribution >= 4 is 34.8 Å². The highest BCUT2D eigenvalue weighted by molar-refractivity contribution is 5.98. The Morgan fingerprint density at radius 3 is 2.15 bits per heavy atom. The van der Waals surface area contributed by atoms with Gasteiger partial charge in [-0.1, -0.05) is 57.5 Å². The van der Waals surface area contributed by atoms with Crippen LogP contribution < -0.4 is 10.9 Å². The van der Waals surface area contributed by atoms with E-state index in [0.717, 1.165) is 11.1 Å². The first-order valence-corrected chi connectivity index (χ1v) is 25.7. The number of nitrogens with one attached hydrogen (secondary N) is 3. The molecule has 0 radical (unpaired) electrons. The summed E-state index contributed by atoms with van der Waals surface area (Å²) in [6.45, 7) is 18.8. The zero-order chi connectivity index (χ0) is 54.8. The Morgan fingerprint density at radius 2 is 1.53 bits per heavy atom. The normalized spacial score (nSPS) is 37.7. The lowest BCUT2D eigenvalue weighted by Crippen LogP contribution is -2.62. The number of nitrogens with zero attached hydrogens (tertiary/aromatic N) is 2. The third-order valence-corrected chi connectivity index (χ3v) is 15.8. The highest BCUT2D eigenvalue weighted by Gasteiger charge is 2.55. The van der Waals surface area contributed by atoms with E-state index in [9.17, 15) is 34.5 Å². The fraction of sp³-hybridized carbons (Fsp3) is 0.685. The van der Waals surface area contributed by atoms with Gasteiger partial charge in [0.15, 0.2) is 18.7 Å². The number of imidazole rings is 1. The number of aromatic amines is 1. The van der Waals surface area contributed by atoms with Gasteiger partial charge < -0.3 is 63.1 Å². The number of aromatic nitrogens is 2. The van der Waals surface area contributed by atoms with Gasteiger partial charge in [0.05, 0.1) is 53.1 Å². The van der Waals surface area contributed by atoms with E-state index in [1.807, 2.05) is 57.1 Å². The van der Waals surface area contributed by atoms with Gasteiger partial charge in [-0.2, -0.15) is 0 Å². The number of ketones is 1. The monoisotopic (exact) mass is 1040 g/mol. The lowest BCUT2D eigenvalue weighted by Gasteiger charge is -2.50. The summed E-state index contributed by atoms with van der Waals surface area (Å²) in [5.74, 6) is -4.90. The molecule has 412 valence electrons. The van der Waals surface area contributed by atoms with Crippen LogP contribution in [-0.4, -0.2) is 167 Å². The highest BCUT2D eigenvalue weighted by Crippen LogP contribution is 2.42. The summed E-state index contributed by atoms with van der Waals surface area (Å²) in [4.78, 5) is 65.3. The lowest BCUT2D eigenvalue weighted by molar-refractivity contribution is -0.319. The number of aliphatic hydroxyl groups is 3. The minimum absolute atomic E-state index is 0.0423. The number of cyclic esters (lactones) is 1. The summed E-state index contributed by atoms with van der Waals surface area (Å²) in [6, 6.07) is 12.5. The molecule has 3 aromatic rings. The Hall–Kier alpha value is -4.61. The molecule has 2 aromatic carbocycles. The highest BCUT2D eigenvalue weighted by atomic mass is 16.7. The van der Waals surface area contributed by atoms with Crippen LogP contribution in [-0.2, 0) is 47.5 Å². The molecule has 3 fully saturated rings. The summed E-state index contributed by atoms with van der Waals surface area (Å²) in [5, 5.41) is 35.2. The fourth-order valence-electron chi connectivity index (χ4n) is 11.1. The zero-order valence-electron chi connectivity index (χ0n) is 45.7. The Balaban J connectivity index is 1.26. The summed E-state index contributed by atoms with van der Waals surface area (Å²) < 4.78 is 50.9. The van der Waals surface area contributed by atoms with Crippen LogP contribution in [0.1, 0.15) is 111 Å². The SMILES string of the molecule is CC[C@H]1OC(=O)[C@H](C)[C@@H](O[C@H]2C[C@@](C)(OC)[C@@H](OC(=O)NNC(=O)c3ccc4nc(-c5ccc(C)cc5)[nH]c4c3)[C@H](C)O2)[C@H](C)[C@@H](O[C@@H]2O[C@H](C)C[C@H](N(C)C)[C@H]2O)[C@](C)(OC)C[C@@H](C)C(=O)[C@H](C)[C@@H](O)[C@]1(C)O. The van der Waals surface area contributed by atoms with Crippen molar-refractivity contribution in [1.82, 2.24) is 25.7 Å². The van der Waals surface area contributed by atoms with Gasteiger partial charge in [0, 0.05) is 55.6 Å². The molecule has 4 heterocycles.